The first-order chi connectivity index (χ1) is 30.4. The summed E-state index contributed by atoms with van der Waals surface area (Å²) in [6, 6.07) is 20.8. The molecule has 1 heterocycles. The number of hydrogen-bond acceptors (Lipinski definition) is 11. The maximum absolute atomic E-state index is 13.1. The zero-order valence-corrected chi connectivity index (χ0v) is 43.1. The Kier molecular flexibility index (Phi) is 19.9. The van der Waals surface area contributed by atoms with Crippen molar-refractivity contribution in [3.05, 3.63) is 71.8 Å². The van der Waals surface area contributed by atoms with Gasteiger partial charge in [0.25, 0.3) is 0 Å². The lowest BCUT2D eigenvalue weighted by atomic mass is 9.78. The lowest BCUT2D eigenvalue weighted by molar-refractivity contribution is -0.117. The van der Waals surface area contributed by atoms with Gasteiger partial charge in [-0.2, -0.15) is 0 Å². The van der Waals surface area contributed by atoms with Crippen LogP contribution in [0, 0.1) is 0 Å². The molecule has 4 aromatic rings. The van der Waals surface area contributed by atoms with Crippen LogP contribution < -0.4 is 10.6 Å². The predicted octanol–water partition coefficient (Wildman–Crippen LogP) is 12.0. The molecule has 3 N–H and O–H groups in total. The highest BCUT2D eigenvalue weighted by atomic mass is 32.1. The SMILES string of the molecule is CCO[Si](CCCC(=O)Nc1ccc(-c2nc(-c3cc(C(C)(C)C)c(O)c(C(C)(C)C)c3)sc2-c2ccc(NC(=O)CCC[Si](OCC)(OCC)OCC)cc2)cc1)(OCC)OCC. The molecule has 64 heavy (non-hydrogen) atoms. The molecule has 0 spiro atoms. The van der Waals surface area contributed by atoms with Gasteiger partial charge in [0.15, 0.2) is 0 Å². The Morgan fingerprint density at radius 2 is 0.938 bits per heavy atom. The molecule has 0 saturated carbocycles. The second kappa shape index (κ2) is 24.1. The number of rotatable bonds is 25. The van der Waals surface area contributed by atoms with Crippen molar-refractivity contribution in [3.8, 4) is 38.0 Å². The molecule has 0 aliphatic heterocycles. The fraction of sp³-hybridized carbons (Fsp3) is 0.531. The topological polar surface area (TPSA) is 147 Å². The molecule has 12 nitrogen and oxygen atoms in total. The molecule has 352 valence electrons. The molecule has 0 bridgehead atoms. The quantitative estimate of drug-likeness (QED) is 0.0549. The molecule has 0 unspecified atom stereocenters. The zero-order chi connectivity index (χ0) is 47.1. The van der Waals surface area contributed by atoms with Crippen LogP contribution in [0.3, 0.4) is 0 Å². The van der Waals surface area contributed by atoms with Crippen LogP contribution in [0.5, 0.6) is 5.75 Å². The number of carbonyl (C=O) groups is 2. The number of nitrogens with zero attached hydrogens (tertiary/aromatic N) is 1. The van der Waals surface area contributed by atoms with Crippen LogP contribution in [0.4, 0.5) is 11.4 Å². The van der Waals surface area contributed by atoms with Gasteiger partial charge in [0.2, 0.25) is 11.8 Å². The van der Waals surface area contributed by atoms with E-state index >= 15 is 0 Å². The molecule has 15 heteroatoms. The number of benzene rings is 3. The van der Waals surface area contributed by atoms with Crippen LogP contribution in [-0.4, -0.2) is 79.2 Å². The Bertz CT molecular complexity index is 1920. The fourth-order valence-corrected chi connectivity index (χ4v) is 13.8. The normalized spacial score (nSPS) is 12.4. The van der Waals surface area contributed by atoms with Gasteiger partial charge < -0.3 is 42.3 Å². The lowest BCUT2D eigenvalue weighted by Crippen LogP contribution is -2.46. The van der Waals surface area contributed by atoms with E-state index in [0.717, 1.165) is 43.4 Å². The third-order valence-corrected chi connectivity index (χ3v) is 17.9. The molecule has 2 amide bonds. The number of aromatic hydroxyl groups is 1. The number of aromatic nitrogens is 1. The second-order valence-corrected chi connectivity index (χ2v) is 24.0. The van der Waals surface area contributed by atoms with E-state index in [4.69, 9.17) is 31.5 Å². The van der Waals surface area contributed by atoms with Gasteiger partial charge in [-0.3, -0.25) is 9.59 Å². The van der Waals surface area contributed by atoms with Gasteiger partial charge in [0.1, 0.15) is 10.8 Å². The Labute approximate surface area is 388 Å². The summed E-state index contributed by atoms with van der Waals surface area (Å²) in [6.07, 6.45) is 1.77. The number of phenols is 1. The summed E-state index contributed by atoms with van der Waals surface area (Å²) in [5.41, 5.74) is 5.98. The van der Waals surface area contributed by atoms with Gasteiger partial charge in [-0.05, 0) is 107 Å². The predicted molar refractivity (Wildman–Crippen MR) is 264 cm³/mol. The summed E-state index contributed by atoms with van der Waals surface area (Å²) in [6.45, 7) is 27.1. The van der Waals surface area contributed by atoms with Crippen molar-refractivity contribution in [2.75, 3.05) is 50.3 Å². The number of carbonyl (C=O) groups excluding carboxylic acids is 2. The van der Waals surface area contributed by atoms with E-state index in [1.165, 1.54) is 0 Å². The van der Waals surface area contributed by atoms with E-state index in [1.807, 2.05) is 90.1 Å². The van der Waals surface area contributed by atoms with Gasteiger partial charge in [-0.15, -0.1) is 11.3 Å². The van der Waals surface area contributed by atoms with E-state index in [9.17, 15) is 14.7 Å². The average molecular weight is 936 g/mol. The Hall–Kier alpha value is -3.78. The number of anilines is 2. The van der Waals surface area contributed by atoms with Gasteiger partial charge in [0, 0.05) is 98.2 Å². The summed E-state index contributed by atoms with van der Waals surface area (Å²) < 4.78 is 35.8. The van der Waals surface area contributed by atoms with Gasteiger partial charge in [0.05, 0.1) is 10.6 Å². The average Bonchev–Trinajstić information content (AvgIpc) is 3.67. The highest BCUT2D eigenvalue weighted by Gasteiger charge is 2.41. The minimum absolute atomic E-state index is 0.0961. The highest BCUT2D eigenvalue weighted by Crippen LogP contribution is 2.46. The van der Waals surface area contributed by atoms with Crippen LogP contribution in [0.1, 0.15) is 120 Å². The fourth-order valence-electron chi connectivity index (χ4n) is 7.53. The summed E-state index contributed by atoms with van der Waals surface area (Å²) in [4.78, 5) is 32.5. The van der Waals surface area contributed by atoms with Crippen LogP contribution in [0.25, 0.3) is 32.3 Å². The van der Waals surface area contributed by atoms with E-state index < -0.39 is 17.6 Å². The van der Waals surface area contributed by atoms with Gasteiger partial charge in [-0.25, -0.2) is 4.98 Å². The first-order valence-corrected chi connectivity index (χ1v) is 27.6. The summed E-state index contributed by atoms with van der Waals surface area (Å²) in [5.74, 6) is 0.118. The standard InChI is InChI=1S/C49H73N3O9SSi2/c1-13-56-63(57-14-2,58-15-3)31-19-21-42(53)50-38-27-23-35(24-28-38)44-46(62-47(52-44)37-33-40(48(7,8)9)45(55)41(34-37)49(10,11)12)36-25-29-39(30-26-36)51-43(54)22-20-32-64(59-16-4,60-17-5)61-18-6/h23-30,33-34,55H,13-22,31-32H2,1-12H3,(H,50,53)(H,51,54). The van der Waals surface area contributed by atoms with Crippen molar-refractivity contribution in [1.29, 1.82) is 0 Å². The van der Waals surface area contributed by atoms with Crippen molar-refractivity contribution in [2.45, 2.75) is 132 Å². The van der Waals surface area contributed by atoms with Crippen LogP contribution >= 0.6 is 11.3 Å². The highest BCUT2D eigenvalue weighted by molar-refractivity contribution is 7.19. The van der Waals surface area contributed by atoms with Gasteiger partial charge in [-0.1, -0.05) is 65.8 Å². The Morgan fingerprint density at radius 1 is 0.578 bits per heavy atom. The molecule has 0 aliphatic carbocycles. The van der Waals surface area contributed by atoms with Crippen LogP contribution in [0.2, 0.25) is 12.1 Å². The molecule has 4 rings (SSSR count). The van der Waals surface area contributed by atoms with Gasteiger partial charge >= 0.3 is 17.6 Å². The van der Waals surface area contributed by atoms with E-state index in [-0.39, 0.29) is 22.6 Å². The zero-order valence-electron chi connectivity index (χ0n) is 40.3. The Morgan fingerprint density at radius 3 is 1.28 bits per heavy atom. The Balaban J connectivity index is 1.63. The number of amides is 2. The number of phenolic OH excluding ortho intramolecular Hbond substituents is 1. The lowest BCUT2D eigenvalue weighted by Gasteiger charge is -2.28. The first kappa shape index (κ1) is 52.8. The maximum atomic E-state index is 13.1. The molecule has 3 aromatic carbocycles. The molecule has 0 saturated heterocycles. The molecule has 0 atom stereocenters. The minimum atomic E-state index is -2.84. The molecule has 0 fully saturated rings. The number of hydrogen-bond donors (Lipinski definition) is 3. The number of nitrogens with one attached hydrogen (secondary N) is 2. The molecule has 0 radical (unpaired) electrons. The number of thiazole rings is 1. The van der Waals surface area contributed by atoms with E-state index in [0.29, 0.717) is 94.5 Å². The monoisotopic (exact) mass is 935 g/mol. The summed E-state index contributed by atoms with van der Waals surface area (Å²) in [5, 5.41) is 18.4. The second-order valence-electron chi connectivity index (χ2n) is 17.5. The van der Waals surface area contributed by atoms with Crippen molar-refractivity contribution in [1.82, 2.24) is 4.98 Å². The van der Waals surface area contributed by atoms with Crippen molar-refractivity contribution in [2.24, 2.45) is 0 Å². The minimum Gasteiger partial charge on any atom is -0.507 e. The molecular formula is C49H73N3O9SSi2. The summed E-state index contributed by atoms with van der Waals surface area (Å²) >= 11 is 1.58. The molecule has 1 aromatic heterocycles. The summed E-state index contributed by atoms with van der Waals surface area (Å²) in [7, 11) is -5.68. The molecular weight excluding hydrogens is 863 g/mol. The van der Waals surface area contributed by atoms with Crippen LogP contribution in [-0.2, 0) is 47.0 Å². The largest absolute Gasteiger partial charge is 0.507 e. The van der Waals surface area contributed by atoms with E-state index in [1.54, 1.807) is 11.3 Å². The third kappa shape index (κ3) is 14.6. The first-order valence-electron chi connectivity index (χ1n) is 22.9. The maximum Gasteiger partial charge on any atom is 0.500 e. The van der Waals surface area contributed by atoms with Crippen molar-refractivity contribution in [3.63, 3.8) is 0 Å². The molecule has 0 aliphatic rings. The third-order valence-electron chi connectivity index (χ3n) is 10.4. The smallest absolute Gasteiger partial charge is 0.500 e. The van der Waals surface area contributed by atoms with Crippen molar-refractivity contribution >= 4 is 52.1 Å². The van der Waals surface area contributed by atoms with Crippen LogP contribution in [0.15, 0.2) is 60.7 Å². The van der Waals surface area contributed by atoms with E-state index in [2.05, 4.69) is 64.3 Å². The van der Waals surface area contributed by atoms with Crippen molar-refractivity contribution < 1.29 is 41.3 Å².